The van der Waals surface area contributed by atoms with Crippen LogP contribution in [0.1, 0.15) is 144 Å². The number of allylic oxidation sites excluding steroid dienone is 2. The van der Waals surface area contributed by atoms with E-state index in [1.54, 1.807) is 5.70 Å². The zero-order valence-electron chi connectivity index (χ0n) is 21.2. The minimum atomic E-state index is 0.266. The fourth-order valence-electron chi connectivity index (χ4n) is 5.53. The van der Waals surface area contributed by atoms with Gasteiger partial charge in [0.2, 0.25) is 0 Å². The summed E-state index contributed by atoms with van der Waals surface area (Å²) in [6.07, 6.45) is 21.3. The topological polar surface area (TPSA) is 12.0 Å². The Labute approximate surface area is 184 Å². The van der Waals surface area contributed by atoms with Crippen molar-refractivity contribution in [3.05, 3.63) is 11.4 Å². The Bertz CT molecular complexity index is 435. The van der Waals surface area contributed by atoms with E-state index < -0.39 is 0 Å². The van der Waals surface area contributed by atoms with Crippen LogP contribution in [0.2, 0.25) is 0 Å². The molecule has 0 radical (unpaired) electrons. The first-order chi connectivity index (χ1) is 14.1. The highest BCUT2D eigenvalue weighted by atomic mass is 15.5. The molecule has 1 heterocycles. The van der Waals surface area contributed by atoms with Gasteiger partial charge in [-0.15, -0.1) is 0 Å². The van der Waals surface area contributed by atoms with Crippen molar-refractivity contribution in [2.45, 2.75) is 150 Å². The lowest BCUT2D eigenvalue weighted by atomic mass is 9.90. The van der Waals surface area contributed by atoms with E-state index >= 15 is 0 Å². The number of hydrogen-bond acceptors (Lipinski definition) is 1. The number of unbranched alkanes of at least 4 members (excludes halogenated alkanes) is 6. The summed E-state index contributed by atoms with van der Waals surface area (Å²) in [5.74, 6) is 0. The lowest BCUT2D eigenvalue weighted by molar-refractivity contribution is -0.942. The maximum absolute atomic E-state index is 4.33. The Hall–Kier alpha value is -0.500. The standard InChI is InChI=1S/C27H55N2/c1-7-13-19-25-26(20-14-8-2)29(23-17-11-5,24-18-12-6)27(28-25,21-15-9-3)22-16-10-4/h28H,7-24H2,1-6H3/q+1. The van der Waals surface area contributed by atoms with E-state index in [0.29, 0.717) is 0 Å². The van der Waals surface area contributed by atoms with Crippen LogP contribution in [0.15, 0.2) is 11.4 Å². The van der Waals surface area contributed by atoms with Crippen LogP contribution in [0.4, 0.5) is 0 Å². The van der Waals surface area contributed by atoms with Crippen molar-refractivity contribution in [2.24, 2.45) is 0 Å². The summed E-state index contributed by atoms with van der Waals surface area (Å²) >= 11 is 0. The Balaban J connectivity index is 3.51. The minimum Gasteiger partial charge on any atom is -0.332 e. The summed E-state index contributed by atoms with van der Waals surface area (Å²) in [5, 5.41) is 4.33. The molecule has 172 valence electrons. The fraction of sp³-hybridized carbons (Fsp3) is 0.926. The number of nitrogens with zero attached hydrogens (tertiary/aromatic N) is 1. The second-order valence-corrected chi connectivity index (χ2v) is 9.62. The van der Waals surface area contributed by atoms with Gasteiger partial charge in [0.05, 0.1) is 18.8 Å². The number of hydrogen-bond donors (Lipinski definition) is 1. The lowest BCUT2D eigenvalue weighted by Crippen LogP contribution is -2.66. The van der Waals surface area contributed by atoms with E-state index in [9.17, 15) is 0 Å². The van der Waals surface area contributed by atoms with Gasteiger partial charge in [0.1, 0.15) is 5.70 Å². The summed E-state index contributed by atoms with van der Waals surface area (Å²) in [7, 11) is 0. The molecular weight excluding hydrogens is 352 g/mol. The first kappa shape index (κ1) is 26.5. The zero-order valence-corrected chi connectivity index (χ0v) is 21.2. The molecule has 0 unspecified atom stereocenters. The Morgan fingerprint density at radius 2 is 1.03 bits per heavy atom. The molecule has 0 aromatic carbocycles. The van der Waals surface area contributed by atoms with Gasteiger partial charge in [0, 0.05) is 19.3 Å². The molecule has 0 aromatic rings. The third-order valence-corrected chi connectivity index (χ3v) is 7.29. The Morgan fingerprint density at radius 1 is 0.586 bits per heavy atom. The third-order valence-electron chi connectivity index (χ3n) is 7.29. The Kier molecular flexibility index (Phi) is 13.3. The summed E-state index contributed by atoms with van der Waals surface area (Å²) < 4.78 is 1.30. The molecule has 0 amide bonds. The van der Waals surface area contributed by atoms with E-state index in [4.69, 9.17) is 0 Å². The van der Waals surface area contributed by atoms with Gasteiger partial charge in [-0.2, -0.15) is 0 Å². The monoisotopic (exact) mass is 407 g/mol. The summed E-state index contributed by atoms with van der Waals surface area (Å²) in [6, 6.07) is 0. The molecule has 29 heavy (non-hydrogen) atoms. The maximum atomic E-state index is 4.33. The molecule has 0 spiro atoms. The van der Waals surface area contributed by atoms with Gasteiger partial charge in [-0.25, -0.2) is 0 Å². The second-order valence-electron chi connectivity index (χ2n) is 9.62. The largest absolute Gasteiger partial charge is 0.332 e. The van der Waals surface area contributed by atoms with Crippen molar-refractivity contribution in [1.29, 1.82) is 0 Å². The molecule has 2 heteroatoms. The second kappa shape index (κ2) is 14.5. The van der Waals surface area contributed by atoms with E-state index in [2.05, 4.69) is 46.9 Å². The molecule has 0 atom stereocenters. The molecule has 2 nitrogen and oxygen atoms in total. The molecule has 0 saturated carbocycles. The van der Waals surface area contributed by atoms with Crippen molar-refractivity contribution >= 4 is 0 Å². The molecular formula is C27H55N2+. The fourth-order valence-corrected chi connectivity index (χ4v) is 5.53. The van der Waals surface area contributed by atoms with Gasteiger partial charge in [-0.1, -0.05) is 80.1 Å². The zero-order chi connectivity index (χ0) is 21.6. The van der Waals surface area contributed by atoms with Crippen LogP contribution in [0.5, 0.6) is 0 Å². The number of quaternary nitrogens is 1. The van der Waals surface area contributed by atoms with Gasteiger partial charge in [0.15, 0.2) is 5.66 Å². The van der Waals surface area contributed by atoms with Crippen molar-refractivity contribution in [1.82, 2.24) is 5.32 Å². The molecule has 0 saturated heterocycles. The van der Waals surface area contributed by atoms with E-state index in [1.807, 2.05) is 5.70 Å². The predicted octanol–water partition coefficient (Wildman–Crippen LogP) is 8.68. The molecule has 0 aliphatic carbocycles. The molecule has 1 N–H and O–H groups in total. The quantitative estimate of drug-likeness (QED) is 0.224. The third kappa shape index (κ3) is 6.74. The van der Waals surface area contributed by atoms with E-state index in [1.165, 1.54) is 120 Å². The van der Waals surface area contributed by atoms with Gasteiger partial charge in [0.25, 0.3) is 0 Å². The lowest BCUT2D eigenvalue weighted by Gasteiger charge is -2.50. The van der Waals surface area contributed by atoms with Crippen molar-refractivity contribution in [2.75, 3.05) is 13.1 Å². The molecule has 0 bridgehead atoms. The van der Waals surface area contributed by atoms with E-state index in [-0.39, 0.29) is 5.66 Å². The van der Waals surface area contributed by atoms with Crippen LogP contribution in [0.25, 0.3) is 0 Å². The van der Waals surface area contributed by atoms with Crippen LogP contribution < -0.4 is 5.32 Å². The van der Waals surface area contributed by atoms with Crippen LogP contribution in [0.3, 0.4) is 0 Å². The van der Waals surface area contributed by atoms with Crippen molar-refractivity contribution < 1.29 is 4.48 Å². The maximum Gasteiger partial charge on any atom is 0.176 e. The molecule has 1 rings (SSSR count). The number of rotatable bonds is 18. The molecule has 0 aromatic heterocycles. The van der Waals surface area contributed by atoms with Gasteiger partial charge < -0.3 is 5.32 Å². The summed E-state index contributed by atoms with van der Waals surface area (Å²) in [5.41, 5.74) is 3.76. The molecule has 1 aliphatic heterocycles. The van der Waals surface area contributed by atoms with E-state index in [0.717, 1.165) is 0 Å². The average molecular weight is 408 g/mol. The van der Waals surface area contributed by atoms with Crippen molar-refractivity contribution in [3.63, 3.8) is 0 Å². The molecule has 0 fully saturated rings. The first-order valence-electron chi connectivity index (χ1n) is 13.5. The van der Waals surface area contributed by atoms with Crippen LogP contribution >= 0.6 is 0 Å². The minimum absolute atomic E-state index is 0.266. The van der Waals surface area contributed by atoms with Crippen LogP contribution in [0, 0.1) is 0 Å². The van der Waals surface area contributed by atoms with Gasteiger partial charge in [-0.05, 0) is 44.9 Å². The van der Waals surface area contributed by atoms with Crippen LogP contribution in [-0.2, 0) is 0 Å². The molecule has 1 aliphatic rings. The summed E-state index contributed by atoms with van der Waals surface area (Å²) in [4.78, 5) is 0. The van der Waals surface area contributed by atoms with Crippen molar-refractivity contribution in [3.8, 4) is 0 Å². The van der Waals surface area contributed by atoms with Gasteiger partial charge in [-0.3, -0.25) is 4.48 Å². The number of nitrogens with one attached hydrogen (secondary N) is 1. The van der Waals surface area contributed by atoms with Gasteiger partial charge >= 0.3 is 0 Å². The highest BCUT2D eigenvalue weighted by Crippen LogP contribution is 2.47. The Morgan fingerprint density at radius 3 is 1.48 bits per heavy atom. The normalized spacial score (nSPS) is 17.7. The predicted molar refractivity (Wildman–Crippen MR) is 131 cm³/mol. The highest BCUT2D eigenvalue weighted by Gasteiger charge is 2.57. The SMILES string of the molecule is CCCCC1=C(CCCC)[N+](CCCC)(CCCC)C(CCCC)(CCCC)N1. The highest BCUT2D eigenvalue weighted by molar-refractivity contribution is 5.17. The average Bonchev–Trinajstić information content (AvgIpc) is 2.99. The summed E-state index contributed by atoms with van der Waals surface area (Å²) in [6.45, 7) is 16.9. The smallest absolute Gasteiger partial charge is 0.176 e. The van der Waals surface area contributed by atoms with Crippen LogP contribution in [-0.4, -0.2) is 23.2 Å². The first-order valence-corrected chi connectivity index (χ1v) is 13.5.